The van der Waals surface area contributed by atoms with Gasteiger partial charge in [-0.25, -0.2) is 8.42 Å². The average Bonchev–Trinajstić information content (AvgIpc) is 2.34. The van der Waals surface area contributed by atoms with Crippen molar-refractivity contribution in [3.8, 4) is 0 Å². The third kappa shape index (κ3) is 4.42. The minimum absolute atomic E-state index is 0.266. The third-order valence-corrected chi connectivity index (χ3v) is 4.50. The number of nitrogens with two attached hydrogens (primary N) is 1. The highest BCUT2D eigenvalue weighted by molar-refractivity contribution is 7.90. The van der Waals surface area contributed by atoms with Crippen LogP contribution in [0.5, 0.6) is 0 Å². The lowest BCUT2D eigenvalue weighted by molar-refractivity contribution is 0.530. The molecule has 0 amide bonds. The first-order valence-corrected chi connectivity index (χ1v) is 8.29. The Kier molecular flexibility index (Phi) is 5.35. The Bertz CT molecular complexity index is 465. The van der Waals surface area contributed by atoms with Crippen molar-refractivity contribution in [2.24, 2.45) is 5.73 Å². The van der Waals surface area contributed by atoms with Gasteiger partial charge >= 0.3 is 0 Å². The van der Waals surface area contributed by atoms with Crippen molar-refractivity contribution in [3.63, 3.8) is 0 Å². The van der Waals surface area contributed by atoms with Gasteiger partial charge in [0.15, 0.2) is 9.84 Å². The maximum atomic E-state index is 11.4. The number of benzene rings is 1. The second-order valence-electron chi connectivity index (χ2n) is 4.99. The molecule has 0 spiro atoms. The number of rotatable bonds is 6. The zero-order chi connectivity index (χ0) is 13.8. The summed E-state index contributed by atoms with van der Waals surface area (Å²) in [4.78, 5) is 0.378. The van der Waals surface area contributed by atoms with Crippen LogP contribution in [-0.2, 0) is 9.84 Å². The van der Waals surface area contributed by atoms with Crippen molar-refractivity contribution in [1.82, 2.24) is 0 Å². The first kappa shape index (κ1) is 15.2. The van der Waals surface area contributed by atoms with E-state index in [1.807, 2.05) is 12.1 Å². The van der Waals surface area contributed by atoms with Gasteiger partial charge in [-0.15, -0.1) is 0 Å². The Labute approximate surface area is 110 Å². The minimum Gasteiger partial charge on any atom is -0.328 e. The van der Waals surface area contributed by atoms with Gasteiger partial charge in [-0.2, -0.15) is 0 Å². The Morgan fingerprint density at radius 3 is 2.17 bits per heavy atom. The van der Waals surface area contributed by atoms with E-state index in [1.165, 1.54) is 11.8 Å². The molecule has 1 aromatic carbocycles. The van der Waals surface area contributed by atoms with Gasteiger partial charge in [0.2, 0.25) is 0 Å². The Hall–Kier alpha value is -0.870. The summed E-state index contributed by atoms with van der Waals surface area (Å²) >= 11 is 0. The lowest BCUT2D eigenvalue weighted by Gasteiger charge is -2.15. The number of sulfone groups is 1. The summed E-state index contributed by atoms with van der Waals surface area (Å²) in [5.74, 6) is 0.413. The molecule has 2 atom stereocenters. The largest absolute Gasteiger partial charge is 0.328 e. The van der Waals surface area contributed by atoms with Crippen LogP contribution in [0.25, 0.3) is 0 Å². The van der Waals surface area contributed by atoms with E-state index in [-0.39, 0.29) is 6.04 Å². The first-order chi connectivity index (χ1) is 8.34. The van der Waals surface area contributed by atoms with Crippen LogP contribution in [0.2, 0.25) is 0 Å². The molecule has 0 radical (unpaired) electrons. The monoisotopic (exact) mass is 269 g/mol. The average molecular weight is 269 g/mol. The van der Waals surface area contributed by atoms with Crippen molar-refractivity contribution in [2.75, 3.05) is 6.26 Å². The smallest absolute Gasteiger partial charge is 0.175 e. The highest BCUT2D eigenvalue weighted by atomic mass is 32.2. The van der Waals surface area contributed by atoms with Gasteiger partial charge in [0.25, 0.3) is 0 Å². The van der Waals surface area contributed by atoms with Crippen LogP contribution >= 0.6 is 0 Å². The standard InChI is InChI=1S/C14H23NO2S/c1-4-13(15)8-5-11(2)12-6-9-14(10-7-12)18(3,16)17/h6-7,9-11,13H,4-5,8,15H2,1-3H3. The Morgan fingerprint density at radius 1 is 1.17 bits per heavy atom. The van der Waals surface area contributed by atoms with Gasteiger partial charge in [-0.1, -0.05) is 26.0 Å². The molecule has 0 aliphatic rings. The summed E-state index contributed by atoms with van der Waals surface area (Å²) in [5.41, 5.74) is 7.07. The topological polar surface area (TPSA) is 60.2 Å². The van der Waals surface area contributed by atoms with Crippen LogP contribution in [-0.4, -0.2) is 20.7 Å². The van der Waals surface area contributed by atoms with Crippen LogP contribution in [0.4, 0.5) is 0 Å². The van der Waals surface area contributed by atoms with Gasteiger partial charge in [-0.05, 0) is 42.9 Å². The number of hydrogen-bond donors (Lipinski definition) is 1. The maximum Gasteiger partial charge on any atom is 0.175 e. The molecule has 0 aromatic heterocycles. The third-order valence-electron chi connectivity index (χ3n) is 3.37. The second-order valence-corrected chi connectivity index (χ2v) is 7.00. The van der Waals surface area contributed by atoms with E-state index < -0.39 is 9.84 Å². The lowest BCUT2D eigenvalue weighted by atomic mass is 9.94. The fraction of sp³-hybridized carbons (Fsp3) is 0.571. The van der Waals surface area contributed by atoms with Crippen LogP contribution in [0.15, 0.2) is 29.2 Å². The van der Waals surface area contributed by atoms with Crippen LogP contribution < -0.4 is 5.73 Å². The summed E-state index contributed by atoms with van der Waals surface area (Å²) in [5, 5.41) is 0. The molecule has 2 N–H and O–H groups in total. The zero-order valence-electron chi connectivity index (χ0n) is 11.4. The van der Waals surface area contributed by atoms with Crippen LogP contribution in [0, 0.1) is 0 Å². The molecular formula is C14H23NO2S. The van der Waals surface area contributed by atoms with Crippen molar-refractivity contribution in [2.45, 2.75) is 50.0 Å². The van der Waals surface area contributed by atoms with Crippen LogP contribution in [0.3, 0.4) is 0 Å². The molecule has 1 aromatic rings. The minimum atomic E-state index is -3.09. The summed E-state index contributed by atoms with van der Waals surface area (Å²) in [6.45, 7) is 4.24. The molecular weight excluding hydrogens is 246 g/mol. The van der Waals surface area contributed by atoms with E-state index >= 15 is 0 Å². The molecule has 3 nitrogen and oxygen atoms in total. The lowest BCUT2D eigenvalue weighted by Crippen LogP contribution is -2.18. The van der Waals surface area contributed by atoms with E-state index in [0.717, 1.165) is 19.3 Å². The molecule has 0 aliphatic carbocycles. The molecule has 4 heteroatoms. The SMILES string of the molecule is CCC(N)CCC(C)c1ccc(S(C)(=O)=O)cc1. The van der Waals surface area contributed by atoms with Crippen molar-refractivity contribution >= 4 is 9.84 Å². The van der Waals surface area contributed by atoms with E-state index in [4.69, 9.17) is 5.73 Å². The molecule has 0 heterocycles. The number of hydrogen-bond acceptors (Lipinski definition) is 3. The molecule has 0 saturated heterocycles. The molecule has 2 unspecified atom stereocenters. The van der Waals surface area contributed by atoms with Crippen molar-refractivity contribution in [3.05, 3.63) is 29.8 Å². The predicted octanol–water partition coefficient (Wildman–Crippen LogP) is 2.71. The predicted molar refractivity (Wildman–Crippen MR) is 75.5 cm³/mol. The molecule has 18 heavy (non-hydrogen) atoms. The normalized spacial score (nSPS) is 15.3. The van der Waals surface area contributed by atoms with E-state index in [2.05, 4.69) is 13.8 Å². The Morgan fingerprint density at radius 2 is 1.72 bits per heavy atom. The quantitative estimate of drug-likeness (QED) is 0.863. The summed E-state index contributed by atoms with van der Waals surface area (Å²) < 4.78 is 22.7. The van der Waals surface area contributed by atoms with E-state index in [9.17, 15) is 8.42 Å². The zero-order valence-corrected chi connectivity index (χ0v) is 12.2. The van der Waals surface area contributed by atoms with Gasteiger partial charge in [0.05, 0.1) is 4.90 Å². The van der Waals surface area contributed by atoms with E-state index in [1.54, 1.807) is 12.1 Å². The summed E-state index contributed by atoms with van der Waals surface area (Å²) in [7, 11) is -3.09. The van der Waals surface area contributed by atoms with Crippen molar-refractivity contribution < 1.29 is 8.42 Å². The molecule has 0 fully saturated rings. The van der Waals surface area contributed by atoms with Gasteiger partial charge < -0.3 is 5.73 Å². The Balaban J connectivity index is 2.68. The van der Waals surface area contributed by atoms with Crippen molar-refractivity contribution in [1.29, 1.82) is 0 Å². The highest BCUT2D eigenvalue weighted by Gasteiger charge is 2.10. The van der Waals surface area contributed by atoms with Crippen LogP contribution in [0.1, 0.15) is 44.6 Å². The maximum absolute atomic E-state index is 11.4. The highest BCUT2D eigenvalue weighted by Crippen LogP contribution is 2.23. The molecule has 102 valence electrons. The fourth-order valence-corrected chi connectivity index (χ4v) is 2.51. The summed E-state index contributed by atoms with van der Waals surface area (Å²) in [6, 6.07) is 7.43. The second kappa shape index (κ2) is 6.34. The molecule has 1 rings (SSSR count). The summed E-state index contributed by atoms with van der Waals surface area (Å²) in [6.07, 6.45) is 4.27. The van der Waals surface area contributed by atoms with Gasteiger partial charge in [0.1, 0.15) is 0 Å². The van der Waals surface area contributed by atoms with E-state index in [0.29, 0.717) is 10.8 Å². The van der Waals surface area contributed by atoms with Gasteiger partial charge in [0, 0.05) is 12.3 Å². The first-order valence-electron chi connectivity index (χ1n) is 6.40. The molecule has 0 bridgehead atoms. The van der Waals surface area contributed by atoms with Gasteiger partial charge in [-0.3, -0.25) is 0 Å². The molecule has 0 saturated carbocycles. The molecule has 0 aliphatic heterocycles. The fourth-order valence-electron chi connectivity index (χ4n) is 1.88.